The third-order valence-corrected chi connectivity index (χ3v) is 3.21. The van der Waals surface area contributed by atoms with Gasteiger partial charge in [0.25, 0.3) is 0 Å². The smallest absolute Gasteiger partial charge is 0.225 e. The van der Waals surface area contributed by atoms with E-state index in [1.54, 1.807) is 0 Å². The van der Waals surface area contributed by atoms with Crippen LogP contribution in [0.25, 0.3) is 0 Å². The largest absolute Gasteiger partial charge is 0.391 e. The zero-order valence-electron chi connectivity index (χ0n) is 8.33. The van der Waals surface area contributed by atoms with Crippen molar-refractivity contribution >= 4 is 5.91 Å². The van der Waals surface area contributed by atoms with Gasteiger partial charge in [-0.15, -0.1) is 0 Å². The third kappa shape index (κ3) is 2.07. The lowest BCUT2D eigenvalue weighted by molar-refractivity contribution is -0.128. The van der Waals surface area contributed by atoms with Crippen LogP contribution >= 0.6 is 0 Å². The molecule has 0 bridgehead atoms. The standard InChI is InChI=1S/C10H18N2O2/c13-9-4-2-1-3-8(9)12-10(14)7-5-11-6-7/h7-9,11,13H,1-6H2,(H,12,14)/t8-,9-/m0/s1. The maximum absolute atomic E-state index is 11.6. The van der Waals surface area contributed by atoms with Crippen LogP contribution < -0.4 is 10.6 Å². The molecule has 2 aliphatic rings. The molecule has 1 heterocycles. The van der Waals surface area contributed by atoms with Crippen LogP contribution in [0, 0.1) is 5.92 Å². The van der Waals surface area contributed by atoms with Gasteiger partial charge < -0.3 is 15.7 Å². The maximum atomic E-state index is 11.6. The number of carbonyl (C=O) groups excluding carboxylic acids is 1. The van der Waals surface area contributed by atoms with Crippen LogP contribution in [0.4, 0.5) is 0 Å². The van der Waals surface area contributed by atoms with Crippen LogP contribution in [0.5, 0.6) is 0 Å². The minimum Gasteiger partial charge on any atom is -0.391 e. The number of aliphatic hydroxyl groups is 1. The highest BCUT2D eigenvalue weighted by Gasteiger charge is 2.30. The molecule has 1 aliphatic heterocycles. The first-order valence-electron chi connectivity index (χ1n) is 5.46. The number of hydrogen-bond acceptors (Lipinski definition) is 3. The van der Waals surface area contributed by atoms with E-state index in [-0.39, 0.29) is 24.0 Å². The summed E-state index contributed by atoms with van der Waals surface area (Å²) in [7, 11) is 0. The van der Waals surface area contributed by atoms with E-state index < -0.39 is 0 Å². The van der Waals surface area contributed by atoms with Crippen molar-refractivity contribution in [3.63, 3.8) is 0 Å². The van der Waals surface area contributed by atoms with Gasteiger partial charge in [0.15, 0.2) is 0 Å². The number of aliphatic hydroxyl groups excluding tert-OH is 1. The molecule has 0 aromatic carbocycles. The Morgan fingerprint density at radius 1 is 1.29 bits per heavy atom. The fraction of sp³-hybridized carbons (Fsp3) is 0.900. The van der Waals surface area contributed by atoms with Gasteiger partial charge in [0.1, 0.15) is 0 Å². The van der Waals surface area contributed by atoms with E-state index in [0.29, 0.717) is 0 Å². The Morgan fingerprint density at radius 3 is 2.57 bits per heavy atom. The summed E-state index contributed by atoms with van der Waals surface area (Å²) >= 11 is 0. The van der Waals surface area contributed by atoms with Gasteiger partial charge in [0.2, 0.25) is 5.91 Å². The first-order chi connectivity index (χ1) is 6.77. The first kappa shape index (κ1) is 9.93. The molecule has 2 atom stereocenters. The van der Waals surface area contributed by atoms with Gasteiger partial charge in [0, 0.05) is 13.1 Å². The van der Waals surface area contributed by atoms with Crippen LogP contribution in [0.1, 0.15) is 25.7 Å². The van der Waals surface area contributed by atoms with Gasteiger partial charge in [-0.25, -0.2) is 0 Å². The van der Waals surface area contributed by atoms with Crippen LogP contribution in [-0.4, -0.2) is 36.2 Å². The summed E-state index contributed by atoms with van der Waals surface area (Å²) in [6.45, 7) is 1.57. The molecule has 0 aromatic rings. The SMILES string of the molecule is O=C(N[C@H]1CCCC[C@@H]1O)C1CNC1. The second kappa shape index (κ2) is 4.28. The summed E-state index contributed by atoms with van der Waals surface area (Å²) < 4.78 is 0. The molecule has 4 nitrogen and oxygen atoms in total. The molecule has 2 rings (SSSR count). The highest BCUT2D eigenvalue weighted by atomic mass is 16.3. The summed E-state index contributed by atoms with van der Waals surface area (Å²) in [6.07, 6.45) is 3.62. The normalized spacial score (nSPS) is 33.5. The van der Waals surface area contributed by atoms with Gasteiger partial charge >= 0.3 is 0 Å². The highest BCUT2D eigenvalue weighted by molar-refractivity contribution is 5.80. The maximum Gasteiger partial charge on any atom is 0.225 e. The molecule has 14 heavy (non-hydrogen) atoms. The lowest BCUT2D eigenvalue weighted by Gasteiger charge is -2.32. The Morgan fingerprint density at radius 2 is 2.00 bits per heavy atom. The zero-order valence-corrected chi connectivity index (χ0v) is 8.33. The quantitative estimate of drug-likeness (QED) is 0.567. The van der Waals surface area contributed by atoms with Crippen molar-refractivity contribution in [2.75, 3.05) is 13.1 Å². The van der Waals surface area contributed by atoms with E-state index in [2.05, 4.69) is 10.6 Å². The predicted octanol–water partition coefficient (Wildman–Crippen LogP) is -0.375. The minimum atomic E-state index is -0.333. The Labute approximate surface area is 84.1 Å². The number of carbonyl (C=O) groups is 1. The van der Waals surface area contributed by atoms with E-state index in [1.807, 2.05) is 0 Å². The lowest BCUT2D eigenvalue weighted by Crippen LogP contribution is -2.55. The lowest BCUT2D eigenvalue weighted by atomic mass is 9.91. The number of hydrogen-bond donors (Lipinski definition) is 3. The Kier molecular flexibility index (Phi) is 3.03. The van der Waals surface area contributed by atoms with Crippen molar-refractivity contribution in [1.82, 2.24) is 10.6 Å². The average Bonchev–Trinajstić information content (AvgIpc) is 2.05. The van der Waals surface area contributed by atoms with Gasteiger partial charge in [-0.1, -0.05) is 12.8 Å². The van der Waals surface area contributed by atoms with Crippen molar-refractivity contribution in [2.24, 2.45) is 5.92 Å². The number of nitrogens with one attached hydrogen (secondary N) is 2. The first-order valence-corrected chi connectivity index (χ1v) is 5.46. The van der Waals surface area contributed by atoms with E-state index in [1.165, 1.54) is 0 Å². The molecular formula is C10H18N2O2. The van der Waals surface area contributed by atoms with Crippen molar-refractivity contribution in [3.8, 4) is 0 Å². The molecule has 0 aromatic heterocycles. The highest BCUT2D eigenvalue weighted by Crippen LogP contribution is 2.18. The molecule has 0 unspecified atom stereocenters. The summed E-state index contributed by atoms with van der Waals surface area (Å²) in [5.74, 6) is 0.235. The minimum absolute atomic E-state index is 0.00292. The van der Waals surface area contributed by atoms with Gasteiger partial charge in [-0.05, 0) is 12.8 Å². The van der Waals surface area contributed by atoms with E-state index in [0.717, 1.165) is 38.8 Å². The van der Waals surface area contributed by atoms with Gasteiger partial charge in [-0.2, -0.15) is 0 Å². The molecule has 0 spiro atoms. The van der Waals surface area contributed by atoms with Crippen LogP contribution in [-0.2, 0) is 4.79 Å². The van der Waals surface area contributed by atoms with E-state index >= 15 is 0 Å². The van der Waals surface area contributed by atoms with Crippen LogP contribution in [0.15, 0.2) is 0 Å². The van der Waals surface area contributed by atoms with Gasteiger partial charge in [-0.3, -0.25) is 4.79 Å². The summed E-state index contributed by atoms with van der Waals surface area (Å²) in [5, 5.41) is 15.7. The fourth-order valence-corrected chi connectivity index (χ4v) is 2.05. The Balaban J connectivity index is 1.79. The molecule has 80 valence electrons. The molecule has 2 fully saturated rings. The van der Waals surface area contributed by atoms with Crippen molar-refractivity contribution < 1.29 is 9.90 Å². The van der Waals surface area contributed by atoms with Crippen LogP contribution in [0.2, 0.25) is 0 Å². The zero-order chi connectivity index (χ0) is 9.97. The monoisotopic (exact) mass is 198 g/mol. The summed E-state index contributed by atoms with van der Waals surface area (Å²) in [5.41, 5.74) is 0. The third-order valence-electron chi connectivity index (χ3n) is 3.21. The van der Waals surface area contributed by atoms with E-state index in [4.69, 9.17) is 0 Å². The molecule has 3 N–H and O–H groups in total. The van der Waals surface area contributed by atoms with E-state index in [9.17, 15) is 9.90 Å². The second-order valence-corrected chi connectivity index (χ2v) is 4.32. The Bertz CT molecular complexity index is 216. The molecule has 1 aliphatic carbocycles. The predicted molar refractivity (Wildman–Crippen MR) is 52.8 cm³/mol. The summed E-state index contributed by atoms with van der Waals surface area (Å²) in [6, 6.07) is -0.00292. The Hall–Kier alpha value is -0.610. The fourth-order valence-electron chi connectivity index (χ4n) is 2.05. The molecule has 0 radical (unpaired) electrons. The van der Waals surface area contributed by atoms with Crippen molar-refractivity contribution in [3.05, 3.63) is 0 Å². The van der Waals surface area contributed by atoms with Crippen LogP contribution in [0.3, 0.4) is 0 Å². The molecule has 1 amide bonds. The molecular weight excluding hydrogens is 180 g/mol. The second-order valence-electron chi connectivity index (χ2n) is 4.32. The molecule has 4 heteroatoms. The molecule has 1 saturated carbocycles. The number of amides is 1. The molecule has 1 saturated heterocycles. The number of rotatable bonds is 2. The summed E-state index contributed by atoms with van der Waals surface area (Å²) in [4.78, 5) is 11.6. The average molecular weight is 198 g/mol. The van der Waals surface area contributed by atoms with Crippen molar-refractivity contribution in [1.29, 1.82) is 0 Å². The van der Waals surface area contributed by atoms with Gasteiger partial charge in [0.05, 0.1) is 18.1 Å². The van der Waals surface area contributed by atoms with Crippen molar-refractivity contribution in [2.45, 2.75) is 37.8 Å². The topological polar surface area (TPSA) is 61.4 Å².